The molecule has 0 unspecified atom stereocenters. The van der Waals surface area contributed by atoms with E-state index in [1.165, 1.54) is 105 Å². The molecule has 0 bridgehead atoms. The molecule has 0 N–H and O–H groups in total. The van der Waals surface area contributed by atoms with Crippen LogP contribution in [0, 0.1) is 0 Å². The van der Waals surface area contributed by atoms with E-state index in [0.717, 1.165) is 5.69 Å². The molecule has 69 heavy (non-hydrogen) atoms. The van der Waals surface area contributed by atoms with E-state index < -0.39 is 5.41 Å². The third-order valence-corrected chi connectivity index (χ3v) is 14.3. The van der Waals surface area contributed by atoms with Crippen LogP contribution < -0.4 is 0 Å². The number of fused-ring (bicyclic) bond motifs is 6. The van der Waals surface area contributed by atoms with Gasteiger partial charge in [0, 0.05) is 32.9 Å². The lowest BCUT2D eigenvalue weighted by Crippen LogP contribution is -2.30. The maximum absolute atomic E-state index is 2.43. The van der Waals surface area contributed by atoms with Gasteiger partial charge in [-0.1, -0.05) is 212 Å². The summed E-state index contributed by atoms with van der Waals surface area (Å²) in [5, 5.41) is 4.97. The van der Waals surface area contributed by atoms with Crippen LogP contribution >= 0.6 is 0 Å². The number of aromatic nitrogens is 2. The fourth-order valence-electron chi connectivity index (χ4n) is 11.1. The molecule has 2 nitrogen and oxygen atoms in total. The third-order valence-electron chi connectivity index (χ3n) is 14.3. The largest absolute Gasteiger partial charge is 0.309 e. The van der Waals surface area contributed by atoms with Gasteiger partial charge in [0.2, 0.25) is 0 Å². The number of para-hydroxylation sites is 3. The lowest BCUT2D eigenvalue weighted by Gasteiger charge is -2.37. The molecule has 0 amide bonds. The average molecular weight is 879 g/mol. The van der Waals surface area contributed by atoms with Crippen LogP contribution in [0.1, 0.15) is 22.3 Å². The van der Waals surface area contributed by atoms with E-state index in [2.05, 4.69) is 288 Å². The van der Waals surface area contributed by atoms with Crippen LogP contribution in [0.15, 0.2) is 279 Å². The molecule has 11 aromatic carbocycles. The Hall–Kier alpha value is -8.98. The zero-order valence-corrected chi connectivity index (χ0v) is 38.0. The SMILES string of the molecule is c1ccc(-n2c3ccccc3c3cc(-c4ccc5c(c4)c4ccc(-c6cccc(-c7ccc(C(c8ccccc8)(c8ccccc8)c8ccccc8)cc7)c6)cc4n5-c4ccccc4)ccc32)cc1. The maximum Gasteiger partial charge on any atom is 0.0701 e. The highest BCUT2D eigenvalue weighted by molar-refractivity contribution is 6.13. The minimum Gasteiger partial charge on any atom is -0.309 e. The third kappa shape index (κ3) is 6.72. The summed E-state index contributed by atoms with van der Waals surface area (Å²) in [4.78, 5) is 0. The highest BCUT2D eigenvalue weighted by Gasteiger charge is 2.38. The van der Waals surface area contributed by atoms with E-state index in [1.54, 1.807) is 0 Å². The van der Waals surface area contributed by atoms with Gasteiger partial charge in [0.25, 0.3) is 0 Å². The Kier molecular flexibility index (Phi) is 9.77. The second-order valence-corrected chi connectivity index (χ2v) is 18.1. The molecule has 2 heteroatoms. The van der Waals surface area contributed by atoms with E-state index in [0.29, 0.717) is 0 Å². The number of benzene rings is 11. The molecule has 0 aliphatic carbocycles. The molecule has 0 radical (unpaired) electrons. The number of nitrogens with zero attached hydrogens (tertiary/aromatic N) is 2. The fourth-order valence-corrected chi connectivity index (χ4v) is 11.1. The van der Waals surface area contributed by atoms with Crippen molar-refractivity contribution in [2.45, 2.75) is 5.41 Å². The van der Waals surface area contributed by atoms with Gasteiger partial charge in [-0.05, 0) is 122 Å². The summed E-state index contributed by atoms with van der Waals surface area (Å²) in [5.41, 5.74) is 18.7. The molecule has 0 saturated carbocycles. The maximum atomic E-state index is 2.43. The number of hydrogen-bond donors (Lipinski definition) is 0. The summed E-state index contributed by atoms with van der Waals surface area (Å²) in [6.45, 7) is 0. The van der Waals surface area contributed by atoms with Crippen LogP contribution in [0.4, 0.5) is 0 Å². The van der Waals surface area contributed by atoms with E-state index in [-0.39, 0.29) is 0 Å². The molecular formula is C67H46N2. The van der Waals surface area contributed by atoms with Crippen molar-refractivity contribution in [1.29, 1.82) is 0 Å². The Morgan fingerprint density at radius 1 is 0.203 bits per heavy atom. The summed E-state index contributed by atoms with van der Waals surface area (Å²) in [6, 6.07) is 102. The van der Waals surface area contributed by atoms with Crippen molar-refractivity contribution in [3.05, 3.63) is 301 Å². The first-order chi connectivity index (χ1) is 34.2. The van der Waals surface area contributed by atoms with Crippen LogP contribution in [0.5, 0.6) is 0 Å². The van der Waals surface area contributed by atoms with Crippen molar-refractivity contribution in [1.82, 2.24) is 9.13 Å². The molecule has 0 saturated heterocycles. The highest BCUT2D eigenvalue weighted by atomic mass is 15.0. The van der Waals surface area contributed by atoms with Crippen LogP contribution in [-0.4, -0.2) is 9.13 Å². The van der Waals surface area contributed by atoms with Crippen LogP contribution in [-0.2, 0) is 5.41 Å². The van der Waals surface area contributed by atoms with Gasteiger partial charge >= 0.3 is 0 Å². The van der Waals surface area contributed by atoms with Gasteiger partial charge in [0.15, 0.2) is 0 Å². The molecule has 0 atom stereocenters. The first-order valence-electron chi connectivity index (χ1n) is 23.8. The molecule has 13 aromatic rings. The smallest absolute Gasteiger partial charge is 0.0701 e. The second kappa shape index (κ2) is 16.7. The summed E-state index contributed by atoms with van der Waals surface area (Å²) < 4.78 is 4.80. The Morgan fingerprint density at radius 2 is 0.565 bits per heavy atom. The summed E-state index contributed by atoms with van der Waals surface area (Å²) in [7, 11) is 0. The van der Waals surface area contributed by atoms with Crippen LogP contribution in [0.3, 0.4) is 0 Å². The molecule has 0 aliphatic rings. The molecule has 0 spiro atoms. The van der Waals surface area contributed by atoms with Crippen molar-refractivity contribution in [3.63, 3.8) is 0 Å². The summed E-state index contributed by atoms with van der Waals surface area (Å²) in [5.74, 6) is 0. The monoisotopic (exact) mass is 878 g/mol. The minimum atomic E-state index is -0.491. The van der Waals surface area contributed by atoms with Gasteiger partial charge in [-0.15, -0.1) is 0 Å². The Bertz CT molecular complexity index is 3870. The molecule has 13 rings (SSSR count). The van der Waals surface area contributed by atoms with E-state index in [9.17, 15) is 0 Å². The standard InChI is InChI=1S/C67H46N2/c1-6-21-53(22-7-1)67(54-23-8-2-9-24-54,55-25-10-3-11-26-55)56-38-33-47(34-39-56)48-19-18-20-49(43-48)52-35-40-60-62-45-51(37-42-65(62)69(66(60)46-52)58-29-14-5-15-30-58)50-36-41-64-61(44-50)59-31-16-17-32-63(59)68(64)57-27-12-4-13-28-57/h1-46H. The zero-order valence-electron chi connectivity index (χ0n) is 38.0. The summed E-state index contributed by atoms with van der Waals surface area (Å²) >= 11 is 0. The number of rotatable bonds is 9. The van der Waals surface area contributed by atoms with Crippen molar-refractivity contribution in [2.75, 3.05) is 0 Å². The first kappa shape index (κ1) is 40.3. The van der Waals surface area contributed by atoms with Gasteiger partial charge < -0.3 is 9.13 Å². The molecule has 2 heterocycles. The molecule has 2 aromatic heterocycles. The molecule has 324 valence electrons. The van der Waals surface area contributed by atoms with E-state index >= 15 is 0 Å². The van der Waals surface area contributed by atoms with E-state index in [4.69, 9.17) is 0 Å². The Morgan fingerprint density at radius 3 is 1.10 bits per heavy atom. The fraction of sp³-hybridized carbons (Fsp3) is 0.0149. The van der Waals surface area contributed by atoms with Gasteiger partial charge in [0.05, 0.1) is 27.5 Å². The van der Waals surface area contributed by atoms with Crippen molar-refractivity contribution >= 4 is 43.6 Å². The highest BCUT2D eigenvalue weighted by Crippen LogP contribution is 2.46. The van der Waals surface area contributed by atoms with Gasteiger partial charge in [0.1, 0.15) is 0 Å². The predicted molar refractivity (Wildman–Crippen MR) is 290 cm³/mol. The normalized spacial score (nSPS) is 11.8. The lowest BCUT2D eigenvalue weighted by molar-refractivity contribution is 0.745. The lowest BCUT2D eigenvalue weighted by atomic mass is 9.65. The Balaban J connectivity index is 0.902. The molecule has 0 fully saturated rings. The van der Waals surface area contributed by atoms with Crippen LogP contribution in [0.25, 0.3) is 88.4 Å². The predicted octanol–water partition coefficient (Wildman–Crippen LogP) is 17.3. The average Bonchev–Trinajstić information content (AvgIpc) is 3.94. The van der Waals surface area contributed by atoms with Crippen LogP contribution in [0.2, 0.25) is 0 Å². The quantitative estimate of drug-likeness (QED) is 0.128. The molecule has 0 aliphatic heterocycles. The Labute approximate surface area is 402 Å². The topological polar surface area (TPSA) is 9.86 Å². The second-order valence-electron chi connectivity index (χ2n) is 18.1. The van der Waals surface area contributed by atoms with E-state index in [1.807, 2.05) is 0 Å². The van der Waals surface area contributed by atoms with Crippen molar-refractivity contribution in [2.24, 2.45) is 0 Å². The van der Waals surface area contributed by atoms with Gasteiger partial charge in [-0.25, -0.2) is 0 Å². The number of hydrogen-bond acceptors (Lipinski definition) is 0. The van der Waals surface area contributed by atoms with Gasteiger partial charge in [-0.3, -0.25) is 0 Å². The zero-order chi connectivity index (χ0) is 45.7. The van der Waals surface area contributed by atoms with Crippen molar-refractivity contribution in [3.8, 4) is 44.8 Å². The van der Waals surface area contributed by atoms with Gasteiger partial charge in [-0.2, -0.15) is 0 Å². The summed E-state index contributed by atoms with van der Waals surface area (Å²) in [6.07, 6.45) is 0. The first-order valence-corrected chi connectivity index (χ1v) is 23.8. The van der Waals surface area contributed by atoms with Crippen molar-refractivity contribution < 1.29 is 0 Å². The minimum absolute atomic E-state index is 0.491. The molecular weight excluding hydrogens is 833 g/mol.